The van der Waals surface area contributed by atoms with Crippen molar-refractivity contribution < 1.29 is 0 Å². The van der Waals surface area contributed by atoms with E-state index in [-0.39, 0.29) is 5.69 Å². The molecule has 1 aromatic rings. The SMILES string of the molecule is C=Cn1ccn(C)c1=O. The normalized spacial score (nSPS) is 9.44. The molecule has 0 fully saturated rings. The lowest BCUT2D eigenvalue weighted by molar-refractivity contribution is 0.838. The summed E-state index contributed by atoms with van der Waals surface area (Å²) >= 11 is 0. The first-order valence-electron chi connectivity index (χ1n) is 2.61. The van der Waals surface area contributed by atoms with Crippen molar-refractivity contribution in [2.45, 2.75) is 0 Å². The van der Waals surface area contributed by atoms with Gasteiger partial charge < -0.3 is 4.57 Å². The molecule has 0 aliphatic rings. The van der Waals surface area contributed by atoms with Crippen molar-refractivity contribution in [1.82, 2.24) is 9.13 Å². The van der Waals surface area contributed by atoms with Crippen LogP contribution < -0.4 is 5.69 Å². The molecule has 0 saturated heterocycles. The fourth-order valence-corrected chi connectivity index (χ4v) is 0.620. The first kappa shape index (κ1) is 5.88. The number of nitrogens with zero attached hydrogens (tertiary/aromatic N) is 2. The maximum Gasteiger partial charge on any atom is 0.331 e. The summed E-state index contributed by atoms with van der Waals surface area (Å²) in [7, 11) is 1.70. The lowest BCUT2D eigenvalue weighted by atomic mass is 10.8. The highest BCUT2D eigenvalue weighted by molar-refractivity contribution is 5.15. The first-order valence-corrected chi connectivity index (χ1v) is 2.61. The van der Waals surface area contributed by atoms with Crippen LogP contribution in [0.4, 0.5) is 0 Å². The van der Waals surface area contributed by atoms with Gasteiger partial charge >= 0.3 is 5.69 Å². The lowest BCUT2D eigenvalue weighted by Gasteiger charge is -1.84. The topological polar surface area (TPSA) is 26.9 Å². The molecule has 0 bridgehead atoms. The highest BCUT2D eigenvalue weighted by Crippen LogP contribution is 1.79. The van der Waals surface area contributed by atoms with Crippen LogP contribution in [0, 0.1) is 0 Å². The Bertz CT molecular complexity index is 269. The molecule has 0 N–H and O–H groups in total. The minimum absolute atomic E-state index is 0.0648. The second-order valence-electron chi connectivity index (χ2n) is 1.78. The molecule has 0 aliphatic carbocycles. The van der Waals surface area contributed by atoms with Gasteiger partial charge in [0.1, 0.15) is 0 Å². The molecule has 1 aromatic heterocycles. The van der Waals surface area contributed by atoms with Crippen molar-refractivity contribution in [1.29, 1.82) is 0 Å². The van der Waals surface area contributed by atoms with Gasteiger partial charge in [-0.25, -0.2) is 4.79 Å². The van der Waals surface area contributed by atoms with Crippen LogP contribution in [0.2, 0.25) is 0 Å². The minimum Gasteiger partial charge on any atom is -0.302 e. The van der Waals surface area contributed by atoms with E-state index in [0.717, 1.165) is 0 Å². The van der Waals surface area contributed by atoms with Gasteiger partial charge in [0.25, 0.3) is 0 Å². The summed E-state index contributed by atoms with van der Waals surface area (Å²) in [6.45, 7) is 3.45. The Balaban J connectivity index is 3.36. The summed E-state index contributed by atoms with van der Waals surface area (Å²) in [5.41, 5.74) is -0.0648. The Hall–Kier alpha value is -1.25. The lowest BCUT2D eigenvalue weighted by Crippen LogP contribution is -2.17. The second kappa shape index (κ2) is 1.93. The molecule has 0 radical (unpaired) electrons. The maximum atomic E-state index is 10.9. The number of imidazole rings is 1. The van der Waals surface area contributed by atoms with Gasteiger partial charge in [0.15, 0.2) is 0 Å². The Morgan fingerprint density at radius 1 is 1.67 bits per heavy atom. The van der Waals surface area contributed by atoms with Gasteiger partial charge in [0.2, 0.25) is 0 Å². The molecule has 3 heteroatoms. The monoisotopic (exact) mass is 124 g/mol. The van der Waals surface area contributed by atoms with E-state index < -0.39 is 0 Å². The Kier molecular flexibility index (Phi) is 1.26. The second-order valence-corrected chi connectivity index (χ2v) is 1.78. The number of rotatable bonds is 1. The average molecular weight is 124 g/mol. The van der Waals surface area contributed by atoms with Gasteiger partial charge in [0.05, 0.1) is 0 Å². The molecule has 0 amide bonds. The summed E-state index contributed by atoms with van der Waals surface area (Å²) in [5, 5.41) is 0. The van der Waals surface area contributed by atoms with Gasteiger partial charge in [0, 0.05) is 25.6 Å². The number of aryl methyl sites for hydroxylation is 1. The van der Waals surface area contributed by atoms with E-state index in [1.165, 1.54) is 15.3 Å². The van der Waals surface area contributed by atoms with E-state index in [1.807, 2.05) is 0 Å². The first-order chi connectivity index (χ1) is 4.25. The van der Waals surface area contributed by atoms with Crippen LogP contribution in [0.1, 0.15) is 0 Å². The van der Waals surface area contributed by atoms with Crippen molar-refractivity contribution in [2.75, 3.05) is 0 Å². The smallest absolute Gasteiger partial charge is 0.302 e. The molecule has 1 heterocycles. The quantitative estimate of drug-likeness (QED) is 0.528. The van der Waals surface area contributed by atoms with E-state index in [2.05, 4.69) is 6.58 Å². The molecule has 0 aromatic carbocycles. The number of hydrogen-bond donors (Lipinski definition) is 0. The molecule has 48 valence electrons. The highest BCUT2D eigenvalue weighted by Gasteiger charge is 1.91. The van der Waals surface area contributed by atoms with Crippen LogP contribution in [-0.2, 0) is 7.05 Å². The summed E-state index contributed by atoms with van der Waals surface area (Å²) in [6, 6.07) is 0. The predicted octanol–water partition coefficient (Wildman–Crippen LogP) is 0.287. The van der Waals surface area contributed by atoms with Crippen LogP contribution in [0.15, 0.2) is 23.8 Å². The third kappa shape index (κ3) is 0.806. The molecule has 3 nitrogen and oxygen atoms in total. The third-order valence-electron chi connectivity index (χ3n) is 1.17. The minimum atomic E-state index is -0.0648. The Labute approximate surface area is 52.8 Å². The van der Waals surface area contributed by atoms with Gasteiger partial charge in [-0.1, -0.05) is 6.58 Å². The number of hydrogen-bond acceptors (Lipinski definition) is 1. The fourth-order valence-electron chi connectivity index (χ4n) is 0.620. The zero-order valence-corrected chi connectivity index (χ0v) is 5.24. The van der Waals surface area contributed by atoms with Crippen LogP contribution in [0.5, 0.6) is 0 Å². The fraction of sp³-hybridized carbons (Fsp3) is 0.167. The molecule has 0 spiro atoms. The van der Waals surface area contributed by atoms with E-state index >= 15 is 0 Å². The Morgan fingerprint density at radius 3 is 2.56 bits per heavy atom. The van der Waals surface area contributed by atoms with Crippen molar-refractivity contribution >= 4 is 6.20 Å². The standard InChI is InChI=1S/C6H8N2O/c1-3-8-5-4-7(2)6(8)9/h3-5H,1H2,2H3. The van der Waals surface area contributed by atoms with Crippen molar-refractivity contribution in [3.05, 3.63) is 29.5 Å². The highest BCUT2D eigenvalue weighted by atomic mass is 16.1. The summed E-state index contributed by atoms with van der Waals surface area (Å²) in [5.74, 6) is 0. The largest absolute Gasteiger partial charge is 0.331 e. The predicted molar refractivity (Wildman–Crippen MR) is 36.1 cm³/mol. The molecule has 9 heavy (non-hydrogen) atoms. The van der Waals surface area contributed by atoms with Gasteiger partial charge in [-0.05, 0) is 0 Å². The van der Waals surface area contributed by atoms with Gasteiger partial charge in [-0.2, -0.15) is 0 Å². The van der Waals surface area contributed by atoms with E-state index in [4.69, 9.17) is 0 Å². The maximum absolute atomic E-state index is 10.9. The average Bonchev–Trinajstić information content (AvgIpc) is 2.15. The van der Waals surface area contributed by atoms with Gasteiger partial charge in [-0.3, -0.25) is 4.57 Å². The zero-order valence-electron chi connectivity index (χ0n) is 5.24. The zero-order chi connectivity index (χ0) is 6.85. The van der Waals surface area contributed by atoms with Crippen LogP contribution in [-0.4, -0.2) is 9.13 Å². The van der Waals surface area contributed by atoms with Gasteiger partial charge in [-0.15, -0.1) is 0 Å². The molecule has 0 atom stereocenters. The van der Waals surface area contributed by atoms with E-state index in [0.29, 0.717) is 0 Å². The summed E-state index contributed by atoms with van der Waals surface area (Å²) in [4.78, 5) is 10.9. The molecular weight excluding hydrogens is 116 g/mol. The van der Waals surface area contributed by atoms with Crippen LogP contribution >= 0.6 is 0 Å². The third-order valence-corrected chi connectivity index (χ3v) is 1.17. The summed E-state index contributed by atoms with van der Waals surface area (Å²) in [6.07, 6.45) is 4.82. The number of aromatic nitrogens is 2. The van der Waals surface area contributed by atoms with Crippen molar-refractivity contribution in [2.24, 2.45) is 7.05 Å². The van der Waals surface area contributed by atoms with Crippen molar-refractivity contribution in [3.63, 3.8) is 0 Å². The van der Waals surface area contributed by atoms with Crippen LogP contribution in [0.3, 0.4) is 0 Å². The molecular formula is C6H8N2O. The van der Waals surface area contributed by atoms with E-state index in [9.17, 15) is 4.79 Å². The molecule has 1 rings (SSSR count). The molecule has 0 saturated carbocycles. The van der Waals surface area contributed by atoms with Crippen LogP contribution in [0.25, 0.3) is 6.20 Å². The van der Waals surface area contributed by atoms with Crippen molar-refractivity contribution in [3.8, 4) is 0 Å². The summed E-state index contributed by atoms with van der Waals surface area (Å²) < 4.78 is 2.90. The Morgan fingerprint density at radius 2 is 2.33 bits per heavy atom. The molecule has 0 unspecified atom stereocenters. The van der Waals surface area contributed by atoms with E-state index in [1.54, 1.807) is 19.4 Å². The molecule has 0 aliphatic heterocycles.